The van der Waals surface area contributed by atoms with Gasteiger partial charge in [-0.3, -0.25) is 4.90 Å². The van der Waals surface area contributed by atoms with E-state index in [2.05, 4.69) is 35.9 Å². The Labute approximate surface area is 126 Å². The van der Waals surface area contributed by atoms with Crippen molar-refractivity contribution in [2.24, 2.45) is 0 Å². The summed E-state index contributed by atoms with van der Waals surface area (Å²) >= 11 is 0. The minimum Gasteiger partial charge on any atom is -0.312 e. The summed E-state index contributed by atoms with van der Waals surface area (Å²) in [6.07, 6.45) is 8.27. The van der Waals surface area contributed by atoms with Crippen LogP contribution in [0.25, 0.3) is 0 Å². The van der Waals surface area contributed by atoms with Crippen molar-refractivity contribution in [1.82, 2.24) is 15.1 Å². The lowest BCUT2D eigenvalue weighted by atomic mass is 10.1. The summed E-state index contributed by atoms with van der Waals surface area (Å²) in [5.74, 6) is 0. The van der Waals surface area contributed by atoms with Gasteiger partial charge in [-0.15, -0.1) is 0 Å². The highest BCUT2D eigenvalue weighted by atomic mass is 15.2. The van der Waals surface area contributed by atoms with Crippen LogP contribution in [0.5, 0.6) is 0 Å². The summed E-state index contributed by atoms with van der Waals surface area (Å²) in [5, 5.41) is 3.85. The summed E-state index contributed by atoms with van der Waals surface area (Å²) in [6, 6.07) is 2.16. The molecular formula is C17H35N3. The molecule has 0 saturated carbocycles. The lowest BCUT2D eigenvalue weighted by Crippen LogP contribution is -2.45. The van der Waals surface area contributed by atoms with Crippen LogP contribution in [0.3, 0.4) is 0 Å². The van der Waals surface area contributed by atoms with Gasteiger partial charge in [-0.1, -0.05) is 6.42 Å². The van der Waals surface area contributed by atoms with E-state index in [1.165, 1.54) is 71.2 Å². The molecule has 2 atom stereocenters. The van der Waals surface area contributed by atoms with Crippen molar-refractivity contribution < 1.29 is 0 Å². The van der Waals surface area contributed by atoms with Crippen LogP contribution in [0.15, 0.2) is 0 Å². The number of hydrogen-bond donors (Lipinski definition) is 1. The lowest BCUT2D eigenvalue weighted by Gasteiger charge is -2.33. The van der Waals surface area contributed by atoms with Gasteiger partial charge in [0.05, 0.1) is 0 Å². The Morgan fingerprint density at radius 3 is 2.25 bits per heavy atom. The fourth-order valence-electron chi connectivity index (χ4n) is 3.66. The van der Waals surface area contributed by atoms with Crippen LogP contribution in [0.2, 0.25) is 0 Å². The van der Waals surface area contributed by atoms with Gasteiger partial charge in [0, 0.05) is 24.7 Å². The average molecular weight is 281 g/mol. The molecule has 3 nitrogen and oxygen atoms in total. The highest BCUT2D eigenvalue weighted by molar-refractivity contribution is 4.79. The van der Waals surface area contributed by atoms with Crippen LogP contribution in [0.4, 0.5) is 0 Å². The minimum absolute atomic E-state index is 0.708. The quantitative estimate of drug-likeness (QED) is 0.836. The molecule has 2 fully saturated rings. The molecule has 1 N–H and O–H groups in total. The Kier molecular flexibility index (Phi) is 6.79. The van der Waals surface area contributed by atoms with Crippen molar-refractivity contribution in [1.29, 1.82) is 0 Å². The van der Waals surface area contributed by atoms with Crippen LogP contribution in [-0.4, -0.2) is 60.6 Å². The Bertz CT molecular complexity index is 261. The first-order chi connectivity index (χ1) is 9.66. The van der Waals surface area contributed by atoms with Crippen LogP contribution in [0, 0.1) is 0 Å². The van der Waals surface area contributed by atoms with Crippen LogP contribution in [0.1, 0.15) is 59.3 Å². The lowest BCUT2D eigenvalue weighted by molar-refractivity contribution is 0.166. The average Bonchev–Trinajstić information content (AvgIpc) is 2.71. The van der Waals surface area contributed by atoms with Gasteiger partial charge in [-0.2, -0.15) is 0 Å². The molecule has 2 saturated heterocycles. The monoisotopic (exact) mass is 281 g/mol. The molecular weight excluding hydrogens is 246 g/mol. The highest BCUT2D eigenvalue weighted by Crippen LogP contribution is 2.15. The zero-order valence-electron chi connectivity index (χ0n) is 13.9. The van der Waals surface area contributed by atoms with Gasteiger partial charge in [0.1, 0.15) is 0 Å². The standard InChI is InChI=1S/C17H35N3/c1-15(2)19-12-7-8-17(9-13-19)18-14-16(3)20-10-5-4-6-11-20/h15-18H,4-14H2,1-3H3. The van der Waals surface area contributed by atoms with Gasteiger partial charge >= 0.3 is 0 Å². The molecule has 118 valence electrons. The van der Waals surface area contributed by atoms with E-state index < -0.39 is 0 Å². The SMILES string of the molecule is CC(C)N1CCCC(NCC(C)N2CCCCC2)CC1. The van der Waals surface area contributed by atoms with E-state index in [9.17, 15) is 0 Å². The normalized spacial score (nSPS) is 28.5. The number of hydrogen-bond acceptors (Lipinski definition) is 3. The molecule has 2 rings (SSSR count). The van der Waals surface area contributed by atoms with Crippen molar-refractivity contribution >= 4 is 0 Å². The molecule has 2 heterocycles. The molecule has 2 unspecified atom stereocenters. The molecule has 0 aromatic heterocycles. The second-order valence-electron chi connectivity index (χ2n) is 7.11. The molecule has 2 aliphatic rings. The van der Waals surface area contributed by atoms with Crippen molar-refractivity contribution in [3.05, 3.63) is 0 Å². The first-order valence-corrected chi connectivity index (χ1v) is 8.88. The van der Waals surface area contributed by atoms with E-state index in [1.807, 2.05) is 0 Å². The Morgan fingerprint density at radius 1 is 0.850 bits per heavy atom. The van der Waals surface area contributed by atoms with E-state index in [1.54, 1.807) is 0 Å². The largest absolute Gasteiger partial charge is 0.312 e. The number of rotatable bonds is 5. The summed E-state index contributed by atoms with van der Waals surface area (Å²) < 4.78 is 0. The van der Waals surface area contributed by atoms with Crippen molar-refractivity contribution in [2.75, 3.05) is 32.7 Å². The predicted octanol–water partition coefficient (Wildman–Crippen LogP) is 2.71. The fourth-order valence-corrected chi connectivity index (χ4v) is 3.66. The number of piperidine rings is 1. The molecule has 0 bridgehead atoms. The number of nitrogens with zero attached hydrogens (tertiary/aromatic N) is 2. The maximum absolute atomic E-state index is 3.85. The fraction of sp³-hybridized carbons (Fsp3) is 1.00. The summed E-state index contributed by atoms with van der Waals surface area (Å²) in [6.45, 7) is 13.4. The first kappa shape index (κ1) is 16.3. The Morgan fingerprint density at radius 2 is 1.55 bits per heavy atom. The molecule has 0 radical (unpaired) electrons. The molecule has 2 aliphatic heterocycles. The summed E-state index contributed by atoms with van der Waals surface area (Å²) in [5.41, 5.74) is 0. The van der Waals surface area contributed by atoms with Crippen LogP contribution < -0.4 is 5.32 Å². The van der Waals surface area contributed by atoms with E-state index >= 15 is 0 Å². The molecule has 0 aromatic carbocycles. The topological polar surface area (TPSA) is 18.5 Å². The number of nitrogens with one attached hydrogen (secondary N) is 1. The Balaban J connectivity index is 1.68. The summed E-state index contributed by atoms with van der Waals surface area (Å²) in [7, 11) is 0. The van der Waals surface area contributed by atoms with E-state index in [4.69, 9.17) is 0 Å². The highest BCUT2D eigenvalue weighted by Gasteiger charge is 2.20. The minimum atomic E-state index is 0.708. The van der Waals surface area contributed by atoms with Crippen molar-refractivity contribution in [2.45, 2.75) is 77.4 Å². The third-order valence-corrected chi connectivity index (χ3v) is 5.21. The molecule has 0 aliphatic carbocycles. The first-order valence-electron chi connectivity index (χ1n) is 8.88. The Hall–Kier alpha value is -0.120. The molecule has 20 heavy (non-hydrogen) atoms. The second kappa shape index (κ2) is 8.35. The second-order valence-corrected chi connectivity index (χ2v) is 7.11. The maximum atomic E-state index is 3.85. The van der Waals surface area contributed by atoms with E-state index in [0.29, 0.717) is 12.1 Å². The van der Waals surface area contributed by atoms with Gasteiger partial charge in [0.25, 0.3) is 0 Å². The van der Waals surface area contributed by atoms with E-state index in [-0.39, 0.29) is 0 Å². The van der Waals surface area contributed by atoms with Crippen molar-refractivity contribution in [3.8, 4) is 0 Å². The number of likely N-dealkylation sites (tertiary alicyclic amines) is 2. The molecule has 0 amide bonds. The zero-order chi connectivity index (χ0) is 14.4. The zero-order valence-corrected chi connectivity index (χ0v) is 13.9. The molecule has 3 heteroatoms. The van der Waals surface area contributed by atoms with E-state index in [0.717, 1.165) is 6.04 Å². The third kappa shape index (κ3) is 5.01. The third-order valence-electron chi connectivity index (χ3n) is 5.21. The van der Waals surface area contributed by atoms with Gasteiger partial charge in [-0.25, -0.2) is 0 Å². The summed E-state index contributed by atoms with van der Waals surface area (Å²) in [4.78, 5) is 5.31. The van der Waals surface area contributed by atoms with Gasteiger partial charge in [0.2, 0.25) is 0 Å². The van der Waals surface area contributed by atoms with Gasteiger partial charge < -0.3 is 10.2 Å². The molecule has 0 aromatic rings. The maximum Gasteiger partial charge on any atom is 0.0192 e. The van der Waals surface area contributed by atoms with Gasteiger partial charge in [-0.05, 0) is 79.1 Å². The van der Waals surface area contributed by atoms with Crippen LogP contribution in [-0.2, 0) is 0 Å². The van der Waals surface area contributed by atoms with Crippen LogP contribution >= 0.6 is 0 Å². The molecule has 0 spiro atoms. The van der Waals surface area contributed by atoms with Crippen molar-refractivity contribution in [3.63, 3.8) is 0 Å². The smallest absolute Gasteiger partial charge is 0.0192 e. The van der Waals surface area contributed by atoms with Gasteiger partial charge in [0.15, 0.2) is 0 Å². The predicted molar refractivity (Wildman–Crippen MR) is 87.2 cm³/mol.